The Morgan fingerprint density at radius 3 is 2.60 bits per heavy atom. The minimum atomic E-state index is -3.70. The lowest BCUT2D eigenvalue weighted by atomic mass is 10.1. The molecule has 5 heteroatoms. The molecule has 1 aromatic heterocycles. The van der Waals surface area contributed by atoms with E-state index in [1.807, 2.05) is 19.9 Å². The van der Waals surface area contributed by atoms with E-state index in [2.05, 4.69) is 4.98 Å². The van der Waals surface area contributed by atoms with Crippen molar-refractivity contribution in [1.29, 1.82) is 0 Å². The van der Waals surface area contributed by atoms with Crippen LogP contribution in [0.15, 0.2) is 23.2 Å². The second-order valence-corrected chi connectivity index (χ2v) is 6.06. The summed E-state index contributed by atoms with van der Waals surface area (Å²) in [6, 6.07) is 3.44. The van der Waals surface area contributed by atoms with Crippen molar-refractivity contribution in [3.8, 4) is 0 Å². The van der Waals surface area contributed by atoms with Crippen LogP contribution in [0.3, 0.4) is 0 Å². The lowest BCUT2D eigenvalue weighted by Crippen LogP contribution is -1.95. The summed E-state index contributed by atoms with van der Waals surface area (Å²) in [5.41, 5.74) is 2.56. The van der Waals surface area contributed by atoms with Crippen LogP contribution >= 0.6 is 10.7 Å². The highest BCUT2D eigenvalue weighted by Gasteiger charge is 2.17. The molecular formula is C10H10ClNO2S. The number of nitrogens with one attached hydrogen (secondary N) is 1. The largest absolute Gasteiger partial charge is 0.360 e. The third-order valence-electron chi connectivity index (χ3n) is 2.60. The van der Waals surface area contributed by atoms with Crippen molar-refractivity contribution in [3.63, 3.8) is 0 Å². The van der Waals surface area contributed by atoms with Crippen molar-refractivity contribution < 1.29 is 8.42 Å². The summed E-state index contributed by atoms with van der Waals surface area (Å²) in [4.78, 5) is 3.04. The van der Waals surface area contributed by atoms with Crippen LogP contribution in [-0.4, -0.2) is 13.4 Å². The predicted octanol–water partition coefficient (Wildman–Crippen LogP) is 2.71. The maximum Gasteiger partial charge on any atom is 0.263 e. The van der Waals surface area contributed by atoms with Crippen LogP contribution in [0.4, 0.5) is 0 Å². The van der Waals surface area contributed by atoms with E-state index in [1.54, 1.807) is 12.3 Å². The first-order valence-corrected chi connectivity index (χ1v) is 6.74. The van der Waals surface area contributed by atoms with Gasteiger partial charge in [-0.3, -0.25) is 0 Å². The van der Waals surface area contributed by atoms with Gasteiger partial charge in [-0.15, -0.1) is 0 Å². The molecule has 0 fully saturated rings. The second-order valence-electron chi connectivity index (χ2n) is 3.52. The molecule has 0 unspecified atom stereocenters. The van der Waals surface area contributed by atoms with Crippen molar-refractivity contribution >= 4 is 30.6 Å². The number of aromatic nitrogens is 1. The van der Waals surface area contributed by atoms with Crippen LogP contribution in [0, 0.1) is 13.8 Å². The number of hydrogen-bond donors (Lipinski definition) is 1. The zero-order chi connectivity index (χ0) is 11.2. The van der Waals surface area contributed by atoms with Crippen molar-refractivity contribution in [2.24, 2.45) is 0 Å². The van der Waals surface area contributed by atoms with Gasteiger partial charge in [0, 0.05) is 22.3 Å². The van der Waals surface area contributed by atoms with Gasteiger partial charge >= 0.3 is 0 Å². The quantitative estimate of drug-likeness (QED) is 0.783. The number of fused-ring (bicyclic) bond motifs is 1. The van der Waals surface area contributed by atoms with Crippen molar-refractivity contribution in [3.05, 3.63) is 29.5 Å². The Hall–Kier alpha value is -1.00. The number of H-pyrrole nitrogens is 1. The molecule has 0 bridgehead atoms. The highest BCUT2D eigenvalue weighted by atomic mass is 35.7. The van der Waals surface area contributed by atoms with Gasteiger partial charge in [-0.05, 0) is 37.1 Å². The molecule has 0 aliphatic heterocycles. The number of aromatic amines is 1. The van der Waals surface area contributed by atoms with E-state index in [-0.39, 0.29) is 4.90 Å². The van der Waals surface area contributed by atoms with Crippen LogP contribution < -0.4 is 0 Å². The Balaban J connectivity index is 2.99. The number of hydrogen-bond acceptors (Lipinski definition) is 2. The Bertz CT molecular complexity index is 628. The van der Waals surface area contributed by atoms with E-state index < -0.39 is 9.05 Å². The fourth-order valence-corrected chi connectivity index (χ4v) is 2.76. The SMILES string of the molecule is Cc1cc(S(=O)(=O)Cl)c2[nH]ccc2c1C. The lowest BCUT2D eigenvalue weighted by molar-refractivity contribution is 0.610. The molecule has 0 amide bonds. The Morgan fingerprint density at radius 2 is 2.00 bits per heavy atom. The molecule has 0 spiro atoms. The van der Waals surface area contributed by atoms with E-state index in [9.17, 15) is 8.42 Å². The summed E-state index contributed by atoms with van der Waals surface area (Å²) in [5.74, 6) is 0. The van der Waals surface area contributed by atoms with Gasteiger partial charge in [0.15, 0.2) is 0 Å². The van der Waals surface area contributed by atoms with Crippen LogP contribution in [0.1, 0.15) is 11.1 Å². The summed E-state index contributed by atoms with van der Waals surface area (Å²) >= 11 is 0. The molecule has 2 rings (SSSR count). The first-order chi connectivity index (χ1) is 6.91. The van der Waals surface area contributed by atoms with Gasteiger partial charge in [-0.2, -0.15) is 0 Å². The summed E-state index contributed by atoms with van der Waals surface area (Å²) in [6.45, 7) is 3.82. The summed E-state index contributed by atoms with van der Waals surface area (Å²) in [7, 11) is 1.67. The summed E-state index contributed by atoms with van der Waals surface area (Å²) in [6.07, 6.45) is 1.71. The smallest absolute Gasteiger partial charge is 0.263 e. The summed E-state index contributed by atoms with van der Waals surface area (Å²) in [5, 5.41) is 0.897. The van der Waals surface area contributed by atoms with Gasteiger partial charge in [0.05, 0.1) is 5.52 Å². The van der Waals surface area contributed by atoms with Crippen LogP contribution in [0.5, 0.6) is 0 Å². The highest BCUT2D eigenvalue weighted by Crippen LogP contribution is 2.29. The van der Waals surface area contributed by atoms with Gasteiger partial charge < -0.3 is 4.98 Å². The van der Waals surface area contributed by atoms with Gasteiger partial charge in [0.1, 0.15) is 4.90 Å². The normalized spacial score (nSPS) is 12.2. The Kier molecular flexibility index (Phi) is 2.28. The zero-order valence-corrected chi connectivity index (χ0v) is 9.91. The van der Waals surface area contributed by atoms with Crippen LogP contribution in [0.25, 0.3) is 10.9 Å². The van der Waals surface area contributed by atoms with E-state index in [4.69, 9.17) is 10.7 Å². The average Bonchev–Trinajstić information content (AvgIpc) is 2.57. The number of halogens is 1. The molecule has 0 radical (unpaired) electrons. The first kappa shape index (κ1) is 10.5. The fourth-order valence-electron chi connectivity index (χ4n) is 1.67. The monoisotopic (exact) mass is 243 g/mol. The van der Waals surface area contributed by atoms with Crippen molar-refractivity contribution in [2.45, 2.75) is 18.7 Å². The molecular weight excluding hydrogens is 234 g/mol. The molecule has 0 aliphatic carbocycles. The third-order valence-corrected chi connectivity index (χ3v) is 3.95. The number of aryl methyl sites for hydroxylation is 2. The minimum Gasteiger partial charge on any atom is -0.360 e. The van der Waals surface area contributed by atoms with E-state index in [1.165, 1.54) is 0 Å². The predicted molar refractivity (Wildman–Crippen MR) is 60.8 cm³/mol. The molecule has 1 aromatic carbocycles. The Labute approximate surface area is 92.5 Å². The molecule has 3 nitrogen and oxygen atoms in total. The highest BCUT2D eigenvalue weighted by molar-refractivity contribution is 8.14. The third kappa shape index (κ3) is 1.64. The van der Waals surface area contributed by atoms with Crippen LogP contribution in [-0.2, 0) is 9.05 Å². The van der Waals surface area contributed by atoms with Crippen LogP contribution in [0.2, 0.25) is 0 Å². The van der Waals surface area contributed by atoms with E-state index in [0.717, 1.165) is 16.5 Å². The molecule has 1 N–H and O–H groups in total. The lowest BCUT2D eigenvalue weighted by Gasteiger charge is -2.05. The minimum absolute atomic E-state index is 0.146. The second kappa shape index (κ2) is 3.25. The topological polar surface area (TPSA) is 49.9 Å². The van der Waals surface area contributed by atoms with Crippen molar-refractivity contribution in [1.82, 2.24) is 4.98 Å². The van der Waals surface area contributed by atoms with E-state index in [0.29, 0.717) is 5.52 Å². The number of rotatable bonds is 1. The standard InChI is InChI=1S/C10H10ClNO2S/c1-6-5-9(15(11,13)14)10-8(7(6)2)3-4-12-10/h3-5,12H,1-2H3. The maximum atomic E-state index is 11.4. The Morgan fingerprint density at radius 1 is 1.33 bits per heavy atom. The molecule has 15 heavy (non-hydrogen) atoms. The molecule has 0 aliphatic rings. The molecule has 0 atom stereocenters. The van der Waals surface area contributed by atoms with Gasteiger partial charge in [-0.1, -0.05) is 0 Å². The number of benzene rings is 1. The fraction of sp³-hybridized carbons (Fsp3) is 0.200. The summed E-state index contributed by atoms with van der Waals surface area (Å²) < 4.78 is 22.7. The molecule has 2 aromatic rings. The van der Waals surface area contributed by atoms with Gasteiger partial charge in [-0.25, -0.2) is 8.42 Å². The molecule has 80 valence electrons. The van der Waals surface area contributed by atoms with Gasteiger partial charge in [0.2, 0.25) is 0 Å². The maximum absolute atomic E-state index is 11.4. The first-order valence-electron chi connectivity index (χ1n) is 4.43. The molecule has 0 saturated heterocycles. The van der Waals surface area contributed by atoms with Gasteiger partial charge in [0.25, 0.3) is 9.05 Å². The zero-order valence-electron chi connectivity index (χ0n) is 8.33. The molecule has 0 saturated carbocycles. The molecule has 1 heterocycles. The average molecular weight is 244 g/mol. The van der Waals surface area contributed by atoms with Crippen molar-refractivity contribution in [2.75, 3.05) is 0 Å². The van der Waals surface area contributed by atoms with E-state index >= 15 is 0 Å².